The zero-order valence-electron chi connectivity index (χ0n) is 11.1. The van der Waals surface area contributed by atoms with E-state index < -0.39 is 0 Å². The summed E-state index contributed by atoms with van der Waals surface area (Å²) >= 11 is 0. The fraction of sp³-hybridized carbons (Fsp3) is 0.923. The van der Waals surface area contributed by atoms with Gasteiger partial charge in [-0.05, 0) is 24.7 Å². The molecule has 0 bridgehead atoms. The summed E-state index contributed by atoms with van der Waals surface area (Å²) in [7, 11) is 0. The van der Waals surface area contributed by atoms with Crippen molar-refractivity contribution in [2.75, 3.05) is 6.54 Å². The predicted octanol–water partition coefficient (Wildman–Crippen LogP) is 2.07. The van der Waals surface area contributed by atoms with E-state index in [0.717, 1.165) is 19.4 Å². The Bertz CT molecular complexity index is 236. The number of hydrogen-bond donors (Lipinski definition) is 2. The van der Waals surface area contributed by atoms with Crippen molar-refractivity contribution in [2.24, 2.45) is 5.41 Å². The topological polar surface area (TPSA) is 41.1 Å². The molecule has 0 aromatic carbocycles. The average Bonchev–Trinajstić information content (AvgIpc) is 2.44. The highest BCUT2D eigenvalue weighted by Crippen LogP contribution is 2.36. The van der Waals surface area contributed by atoms with Crippen LogP contribution in [0.15, 0.2) is 0 Å². The number of rotatable bonds is 5. The van der Waals surface area contributed by atoms with E-state index in [2.05, 4.69) is 38.3 Å². The normalized spacial score (nSPS) is 23.7. The van der Waals surface area contributed by atoms with Crippen LogP contribution >= 0.6 is 0 Å². The van der Waals surface area contributed by atoms with Crippen LogP contribution in [0.1, 0.15) is 53.4 Å². The molecule has 2 N–H and O–H groups in total. The Labute approximate surface area is 99.4 Å². The average molecular weight is 226 g/mol. The van der Waals surface area contributed by atoms with Crippen LogP contribution in [0.2, 0.25) is 0 Å². The van der Waals surface area contributed by atoms with Crippen molar-refractivity contribution in [3.63, 3.8) is 0 Å². The summed E-state index contributed by atoms with van der Waals surface area (Å²) in [5.74, 6) is 0.191. The van der Waals surface area contributed by atoms with Crippen LogP contribution in [-0.4, -0.2) is 24.5 Å². The van der Waals surface area contributed by atoms with E-state index >= 15 is 0 Å². The van der Waals surface area contributed by atoms with Gasteiger partial charge in [0.15, 0.2) is 0 Å². The molecule has 1 aliphatic carbocycles. The van der Waals surface area contributed by atoms with E-state index in [1.807, 2.05) is 0 Å². The fourth-order valence-electron chi connectivity index (χ4n) is 2.33. The molecule has 1 rings (SSSR count). The largest absolute Gasteiger partial charge is 0.353 e. The first-order valence-electron chi connectivity index (χ1n) is 6.42. The minimum Gasteiger partial charge on any atom is -0.353 e. The minimum atomic E-state index is 0.191. The van der Waals surface area contributed by atoms with Gasteiger partial charge in [0.2, 0.25) is 5.91 Å². The van der Waals surface area contributed by atoms with Gasteiger partial charge in [0, 0.05) is 25.0 Å². The molecule has 16 heavy (non-hydrogen) atoms. The summed E-state index contributed by atoms with van der Waals surface area (Å²) in [5, 5.41) is 6.39. The maximum atomic E-state index is 11.6. The molecule has 0 aromatic rings. The van der Waals surface area contributed by atoms with E-state index in [-0.39, 0.29) is 5.91 Å². The highest BCUT2D eigenvalue weighted by molar-refractivity contribution is 5.76. The molecule has 0 aliphatic heterocycles. The van der Waals surface area contributed by atoms with Crippen molar-refractivity contribution in [3.05, 3.63) is 0 Å². The van der Waals surface area contributed by atoms with Gasteiger partial charge in [-0.2, -0.15) is 0 Å². The molecule has 1 aliphatic rings. The van der Waals surface area contributed by atoms with Crippen molar-refractivity contribution >= 4 is 5.91 Å². The van der Waals surface area contributed by atoms with Gasteiger partial charge in [-0.1, -0.05) is 27.7 Å². The van der Waals surface area contributed by atoms with Gasteiger partial charge < -0.3 is 10.6 Å². The third-order valence-corrected chi connectivity index (χ3v) is 3.24. The smallest absolute Gasteiger partial charge is 0.221 e. The van der Waals surface area contributed by atoms with Crippen LogP contribution in [0, 0.1) is 5.41 Å². The second-order valence-corrected chi connectivity index (χ2v) is 6.03. The molecule has 1 atom stereocenters. The van der Waals surface area contributed by atoms with Crippen molar-refractivity contribution in [1.29, 1.82) is 0 Å². The van der Waals surface area contributed by atoms with Crippen LogP contribution in [0.4, 0.5) is 0 Å². The first-order valence-corrected chi connectivity index (χ1v) is 6.42. The van der Waals surface area contributed by atoms with Crippen molar-refractivity contribution < 1.29 is 4.79 Å². The van der Waals surface area contributed by atoms with Gasteiger partial charge in [-0.25, -0.2) is 0 Å². The van der Waals surface area contributed by atoms with Crippen molar-refractivity contribution in [1.82, 2.24) is 10.6 Å². The molecule has 1 saturated carbocycles. The molecule has 1 unspecified atom stereocenters. The molecule has 0 radical (unpaired) electrons. The summed E-state index contributed by atoms with van der Waals surface area (Å²) in [6.07, 6.45) is 4.07. The molecule has 3 heteroatoms. The van der Waals surface area contributed by atoms with E-state index in [9.17, 15) is 4.79 Å². The summed E-state index contributed by atoms with van der Waals surface area (Å²) in [5.41, 5.74) is 0.411. The Morgan fingerprint density at radius 1 is 1.44 bits per heavy atom. The Hall–Kier alpha value is -0.570. The molecular formula is C13H26N2O. The van der Waals surface area contributed by atoms with Gasteiger partial charge in [-0.15, -0.1) is 0 Å². The van der Waals surface area contributed by atoms with Gasteiger partial charge in [0.25, 0.3) is 0 Å². The van der Waals surface area contributed by atoms with Crippen molar-refractivity contribution in [3.8, 4) is 0 Å². The lowest BCUT2D eigenvalue weighted by molar-refractivity contribution is -0.121. The monoisotopic (exact) mass is 226 g/mol. The number of hydrogen-bond acceptors (Lipinski definition) is 2. The summed E-state index contributed by atoms with van der Waals surface area (Å²) in [4.78, 5) is 11.6. The third-order valence-electron chi connectivity index (χ3n) is 3.24. The zero-order chi connectivity index (χ0) is 12.2. The van der Waals surface area contributed by atoms with Gasteiger partial charge in [0.05, 0.1) is 0 Å². The van der Waals surface area contributed by atoms with E-state index in [0.29, 0.717) is 23.9 Å². The molecule has 0 aromatic heterocycles. The number of nitrogens with one attached hydrogen (secondary N) is 2. The van der Waals surface area contributed by atoms with Gasteiger partial charge in [-0.3, -0.25) is 4.79 Å². The second kappa shape index (κ2) is 5.67. The van der Waals surface area contributed by atoms with Crippen LogP contribution in [0.25, 0.3) is 0 Å². The lowest BCUT2D eigenvalue weighted by Gasteiger charge is -2.18. The standard InChI is InChI=1S/C13H26N2O/c1-10(2)14-8-6-12(16)15-11-5-7-13(3,4)9-11/h10-11,14H,5-9H2,1-4H3,(H,15,16). The quantitative estimate of drug-likeness (QED) is 0.753. The molecule has 94 valence electrons. The fourth-order valence-corrected chi connectivity index (χ4v) is 2.33. The third kappa shape index (κ3) is 4.97. The second-order valence-electron chi connectivity index (χ2n) is 6.03. The van der Waals surface area contributed by atoms with Crippen molar-refractivity contribution in [2.45, 2.75) is 65.5 Å². The lowest BCUT2D eigenvalue weighted by atomic mass is 9.92. The molecule has 0 heterocycles. The Morgan fingerprint density at radius 3 is 2.62 bits per heavy atom. The highest BCUT2D eigenvalue weighted by atomic mass is 16.1. The molecule has 0 spiro atoms. The van der Waals surface area contributed by atoms with Crippen LogP contribution in [-0.2, 0) is 4.79 Å². The molecule has 3 nitrogen and oxygen atoms in total. The number of carbonyl (C=O) groups excluding carboxylic acids is 1. The van der Waals surface area contributed by atoms with E-state index in [1.165, 1.54) is 6.42 Å². The Balaban J connectivity index is 2.15. The first-order chi connectivity index (χ1) is 7.39. The first kappa shape index (κ1) is 13.5. The van der Waals surface area contributed by atoms with Gasteiger partial charge in [0.1, 0.15) is 0 Å². The lowest BCUT2D eigenvalue weighted by Crippen LogP contribution is -2.36. The summed E-state index contributed by atoms with van der Waals surface area (Å²) < 4.78 is 0. The molecular weight excluding hydrogens is 200 g/mol. The summed E-state index contributed by atoms with van der Waals surface area (Å²) in [6, 6.07) is 0.861. The maximum Gasteiger partial charge on any atom is 0.221 e. The Morgan fingerprint density at radius 2 is 2.12 bits per heavy atom. The molecule has 1 amide bonds. The maximum absolute atomic E-state index is 11.6. The highest BCUT2D eigenvalue weighted by Gasteiger charge is 2.31. The summed E-state index contributed by atoms with van der Waals surface area (Å²) in [6.45, 7) is 9.52. The van der Waals surface area contributed by atoms with Gasteiger partial charge >= 0.3 is 0 Å². The molecule has 0 saturated heterocycles. The molecule has 1 fully saturated rings. The number of carbonyl (C=O) groups is 1. The van der Waals surface area contributed by atoms with E-state index in [1.54, 1.807) is 0 Å². The van der Waals surface area contributed by atoms with E-state index in [4.69, 9.17) is 0 Å². The zero-order valence-corrected chi connectivity index (χ0v) is 11.1. The van der Waals surface area contributed by atoms with Crippen LogP contribution in [0.3, 0.4) is 0 Å². The number of amides is 1. The SMILES string of the molecule is CC(C)NCCC(=O)NC1CCC(C)(C)C1. The minimum absolute atomic E-state index is 0.191. The van der Waals surface area contributed by atoms with Crippen LogP contribution in [0.5, 0.6) is 0 Å². The Kier molecular flexibility index (Phi) is 4.78. The van der Waals surface area contributed by atoms with Crippen LogP contribution < -0.4 is 10.6 Å². The predicted molar refractivity (Wildman–Crippen MR) is 67.3 cm³/mol.